The van der Waals surface area contributed by atoms with Gasteiger partial charge in [-0.2, -0.15) is 0 Å². The van der Waals surface area contributed by atoms with Gasteiger partial charge >= 0.3 is 0 Å². The molecule has 0 N–H and O–H groups in total. The fourth-order valence-electron chi connectivity index (χ4n) is 4.00. The minimum absolute atomic E-state index is 0.242. The van der Waals surface area contributed by atoms with Crippen LogP contribution in [0.4, 0.5) is 17.3 Å². The van der Waals surface area contributed by atoms with Gasteiger partial charge in [0.05, 0.1) is 6.54 Å². The van der Waals surface area contributed by atoms with Crippen LogP contribution in [0.15, 0.2) is 42.5 Å². The molecule has 2 fully saturated rings. The molecule has 0 radical (unpaired) electrons. The largest absolute Gasteiger partial charge is 0.368 e. The summed E-state index contributed by atoms with van der Waals surface area (Å²) in [6, 6.07) is 14.4. The first-order valence-electron chi connectivity index (χ1n) is 10.7. The first-order chi connectivity index (χ1) is 14.6. The van der Waals surface area contributed by atoms with Gasteiger partial charge in [0.25, 0.3) is 0 Å². The second-order valence-electron chi connectivity index (χ2n) is 8.11. The second-order valence-corrected chi connectivity index (χ2v) is 8.11. The van der Waals surface area contributed by atoms with E-state index in [0.717, 1.165) is 64.0 Å². The van der Waals surface area contributed by atoms with Crippen LogP contribution in [0.25, 0.3) is 0 Å². The Hall–Kier alpha value is -2.87. The van der Waals surface area contributed by atoms with Gasteiger partial charge in [-0.05, 0) is 24.3 Å². The molecule has 0 aliphatic carbocycles. The van der Waals surface area contributed by atoms with Crippen LogP contribution < -0.4 is 14.7 Å². The van der Waals surface area contributed by atoms with Crippen molar-refractivity contribution in [3.8, 4) is 0 Å². The lowest BCUT2D eigenvalue weighted by atomic mass is 10.2. The number of carbonyl (C=O) groups is 1. The molecule has 4 rings (SSSR count). The maximum Gasteiger partial charge on any atom is 0.236 e. The molecular formula is C22H31N7O. The summed E-state index contributed by atoms with van der Waals surface area (Å²) in [5, 5.41) is 8.62. The number of para-hydroxylation sites is 1. The summed E-state index contributed by atoms with van der Waals surface area (Å²) in [4.78, 5) is 23.6. The Kier molecular flexibility index (Phi) is 6.32. The molecular weight excluding hydrogens is 378 g/mol. The predicted molar refractivity (Wildman–Crippen MR) is 120 cm³/mol. The standard InChI is InChI=1S/C22H31N7O/c1-25(2)20-8-9-21(24-23-20)28-12-10-26(11-13-28)18-22(30)29-16-14-27(15-17-29)19-6-4-3-5-7-19/h3-9H,10-18H2,1-2H3. The maximum atomic E-state index is 12.8. The van der Waals surface area contributed by atoms with E-state index in [4.69, 9.17) is 0 Å². The minimum atomic E-state index is 0.242. The van der Waals surface area contributed by atoms with E-state index in [1.54, 1.807) is 0 Å². The van der Waals surface area contributed by atoms with Crippen molar-refractivity contribution in [2.75, 3.05) is 87.7 Å². The van der Waals surface area contributed by atoms with Crippen LogP contribution in [0.3, 0.4) is 0 Å². The monoisotopic (exact) mass is 409 g/mol. The van der Waals surface area contributed by atoms with Crippen molar-refractivity contribution in [2.24, 2.45) is 0 Å². The summed E-state index contributed by atoms with van der Waals surface area (Å²) in [7, 11) is 3.92. The number of carbonyl (C=O) groups excluding carboxylic acids is 1. The van der Waals surface area contributed by atoms with Gasteiger partial charge in [-0.15, -0.1) is 10.2 Å². The lowest BCUT2D eigenvalue weighted by Crippen LogP contribution is -2.54. The summed E-state index contributed by atoms with van der Waals surface area (Å²) in [5.41, 5.74) is 1.24. The zero-order chi connectivity index (χ0) is 20.9. The van der Waals surface area contributed by atoms with Crippen molar-refractivity contribution in [3.05, 3.63) is 42.5 Å². The first-order valence-corrected chi connectivity index (χ1v) is 10.7. The van der Waals surface area contributed by atoms with Crippen LogP contribution >= 0.6 is 0 Å². The van der Waals surface area contributed by atoms with E-state index in [1.165, 1.54) is 5.69 Å². The van der Waals surface area contributed by atoms with Gasteiger partial charge < -0.3 is 19.6 Å². The van der Waals surface area contributed by atoms with E-state index >= 15 is 0 Å². The first kappa shape index (κ1) is 20.4. The van der Waals surface area contributed by atoms with E-state index in [0.29, 0.717) is 6.54 Å². The molecule has 30 heavy (non-hydrogen) atoms. The Morgan fingerprint density at radius 1 is 0.833 bits per heavy atom. The van der Waals surface area contributed by atoms with Gasteiger partial charge in [0.2, 0.25) is 5.91 Å². The number of nitrogens with zero attached hydrogens (tertiary/aromatic N) is 7. The molecule has 8 heteroatoms. The van der Waals surface area contributed by atoms with Gasteiger partial charge in [0.1, 0.15) is 0 Å². The minimum Gasteiger partial charge on any atom is -0.368 e. The third-order valence-electron chi connectivity index (χ3n) is 5.90. The fraction of sp³-hybridized carbons (Fsp3) is 0.500. The second kappa shape index (κ2) is 9.30. The van der Waals surface area contributed by atoms with E-state index in [9.17, 15) is 4.79 Å². The molecule has 1 aromatic carbocycles. The van der Waals surface area contributed by atoms with Crippen LogP contribution in [0.1, 0.15) is 0 Å². The average Bonchev–Trinajstić information content (AvgIpc) is 2.80. The summed E-state index contributed by atoms with van der Waals surface area (Å²) in [6.07, 6.45) is 0. The van der Waals surface area contributed by atoms with Gasteiger partial charge in [-0.25, -0.2) is 0 Å². The molecule has 0 bridgehead atoms. The number of anilines is 3. The van der Waals surface area contributed by atoms with Crippen molar-refractivity contribution in [1.29, 1.82) is 0 Å². The van der Waals surface area contributed by atoms with Gasteiger partial charge in [-0.1, -0.05) is 18.2 Å². The van der Waals surface area contributed by atoms with Crippen LogP contribution in [-0.2, 0) is 4.79 Å². The Balaban J connectivity index is 1.22. The van der Waals surface area contributed by atoms with Crippen molar-refractivity contribution < 1.29 is 4.79 Å². The number of aromatic nitrogens is 2. The number of rotatable bonds is 5. The molecule has 0 saturated carbocycles. The SMILES string of the molecule is CN(C)c1ccc(N2CCN(CC(=O)N3CCN(c4ccccc4)CC3)CC2)nn1. The Bertz CT molecular complexity index is 811. The van der Waals surface area contributed by atoms with Gasteiger partial charge in [0.15, 0.2) is 11.6 Å². The van der Waals surface area contributed by atoms with E-state index in [2.05, 4.69) is 49.2 Å². The molecule has 1 amide bonds. The zero-order valence-electron chi connectivity index (χ0n) is 17.9. The normalized spacial score (nSPS) is 17.9. The van der Waals surface area contributed by atoms with E-state index in [1.807, 2.05) is 42.1 Å². The molecule has 2 saturated heterocycles. The molecule has 8 nitrogen and oxygen atoms in total. The molecule has 3 heterocycles. The highest BCUT2D eigenvalue weighted by atomic mass is 16.2. The highest BCUT2D eigenvalue weighted by Crippen LogP contribution is 2.17. The molecule has 2 aliphatic heterocycles. The molecule has 2 aromatic rings. The van der Waals surface area contributed by atoms with Gasteiger partial charge in [0, 0.05) is 72.1 Å². The van der Waals surface area contributed by atoms with Gasteiger partial charge in [-0.3, -0.25) is 9.69 Å². The molecule has 0 atom stereocenters. The topological polar surface area (TPSA) is 59.1 Å². The summed E-state index contributed by atoms with van der Waals surface area (Å²) in [5.74, 6) is 2.00. The highest BCUT2D eigenvalue weighted by molar-refractivity contribution is 5.78. The molecule has 160 valence electrons. The van der Waals surface area contributed by atoms with Crippen LogP contribution in [0.2, 0.25) is 0 Å². The quantitative estimate of drug-likeness (QED) is 0.731. The third kappa shape index (κ3) is 4.81. The van der Waals surface area contributed by atoms with E-state index in [-0.39, 0.29) is 5.91 Å². The van der Waals surface area contributed by atoms with Crippen LogP contribution in [-0.4, -0.2) is 98.9 Å². The van der Waals surface area contributed by atoms with Crippen molar-refractivity contribution >= 4 is 23.2 Å². The smallest absolute Gasteiger partial charge is 0.236 e. The summed E-state index contributed by atoms with van der Waals surface area (Å²) in [6.45, 7) is 7.35. The zero-order valence-corrected chi connectivity index (χ0v) is 17.9. The Morgan fingerprint density at radius 2 is 1.50 bits per heavy atom. The lowest BCUT2D eigenvalue weighted by Gasteiger charge is -2.38. The van der Waals surface area contributed by atoms with Crippen molar-refractivity contribution in [1.82, 2.24) is 20.0 Å². The molecule has 1 aromatic heterocycles. The van der Waals surface area contributed by atoms with E-state index < -0.39 is 0 Å². The summed E-state index contributed by atoms with van der Waals surface area (Å²) >= 11 is 0. The van der Waals surface area contributed by atoms with Crippen LogP contribution in [0, 0.1) is 0 Å². The Morgan fingerprint density at radius 3 is 2.10 bits per heavy atom. The fourth-order valence-corrected chi connectivity index (χ4v) is 4.00. The Labute approximate surface area is 178 Å². The molecule has 2 aliphatic rings. The molecule has 0 spiro atoms. The lowest BCUT2D eigenvalue weighted by molar-refractivity contribution is -0.132. The third-order valence-corrected chi connectivity index (χ3v) is 5.90. The number of hydrogen-bond acceptors (Lipinski definition) is 7. The number of amides is 1. The number of benzene rings is 1. The van der Waals surface area contributed by atoms with Crippen molar-refractivity contribution in [3.63, 3.8) is 0 Å². The van der Waals surface area contributed by atoms with Crippen molar-refractivity contribution in [2.45, 2.75) is 0 Å². The summed E-state index contributed by atoms with van der Waals surface area (Å²) < 4.78 is 0. The molecule has 0 unspecified atom stereocenters. The highest BCUT2D eigenvalue weighted by Gasteiger charge is 2.25. The number of hydrogen-bond donors (Lipinski definition) is 0. The number of piperazine rings is 2. The van der Waals surface area contributed by atoms with Crippen LogP contribution in [0.5, 0.6) is 0 Å². The average molecular weight is 410 g/mol. The predicted octanol–water partition coefficient (Wildman–Crippen LogP) is 1.01. The maximum absolute atomic E-state index is 12.8.